The van der Waals surface area contributed by atoms with Crippen molar-refractivity contribution in [2.24, 2.45) is 0 Å². The van der Waals surface area contributed by atoms with Crippen LogP contribution < -0.4 is 0 Å². The van der Waals surface area contributed by atoms with Gasteiger partial charge in [-0.3, -0.25) is 9.78 Å². The number of carbonyl (C=O) groups excluding carboxylic acids is 1. The summed E-state index contributed by atoms with van der Waals surface area (Å²) < 4.78 is 0. The number of rotatable bonds is 4. The van der Waals surface area contributed by atoms with E-state index >= 15 is 0 Å². The van der Waals surface area contributed by atoms with Crippen LogP contribution in [-0.4, -0.2) is 53.4 Å². The van der Waals surface area contributed by atoms with Crippen molar-refractivity contribution in [3.05, 3.63) is 30.1 Å². The molecule has 1 aromatic rings. The fraction of sp³-hybridized carbons (Fsp3) is 0.600. The van der Waals surface area contributed by atoms with Crippen LogP contribution in [0.4, 0.5) is 0 Å². The number of hydrogen-bond donors (Lipinski definition) is 0. The zero-order valence-electron chi connectivity index (χ0n) is 11.9. The minimum absolute atomic E-state index is 0.227. The monoisotopic (exact) mass is 261 g/mol. The van der Waals surface area contributed by atoms with E-state index in [1.54, 1.807) is 12.4 Å². The van der Waals surface area contributed by atoms with Crippen molar-refractivity contribution in [3.8, 4) is 0 Å². The number of likely N-dealkylation sites (N-methyl/N-ethyl adjacent to an activating group) is 1. The second-order valence-electron chi connectivity index (χ2n) is 5.25. The van der Waals surface area contributed by atoms with Gasteiger partial charge in [0, 0.05) is 25.0 Å². The van der Waals surface area contributed by atoms with E-state index in [2.05, 4.69) is 23.9 Å². The highest BCUT2D eigenvalue weighted by atomic mass is 16.2. The lowest BCUT2D eigenvalue weighted by Crippen LogP contribution is -2.46. The summed E-state index contributed by atoms with van der Waals surface area (Å²) in [6, 6.07) is 4.26. The summed E-state index contributed by atoms with van der Waals surface area (Å²) in [5.41, 5.74) is 0.999. The van der Waals surface area contributed by atoms with Gasteiger partial charge >= 0.3 is 0 Å². The fourth-order valence-corrected chi connectivity index (χ4v) is 2.72. The van der Waals surface area contributed by atoms with Gasteiger partial charge in [-0.1, -0.05) is 6.07 Å². The van der Waals surface area contributed by atoms with E-state index in [9.17, 15) is 4.79 Å². The Labute approximate surface area is 115 Å². The van der Waals surface area contributed by atoms with Crippen molar-refractivity contribution in [2.75, 3.05) is 26.7 Å². The van der Waals surface area contributed by atoms with Crippen molar-refractivity contribution in [1.29, 1.82) is 0 Å². The lowest BCUT2D eigenvalue weighted by atomic mass is 10.0. The molecule has 4 nitrogen and oxygen atoms in total. The third-order valence-electron chi connectivity index (χ3n) is 3.87. The molecule has 0 aliphatic carbocycles. The van der Waals surface area contributed by atoms with E-state index in [1.807, 2.05) is 17.0 Å². The van der Waals surface area contributed by atoms with E-state index in [4.69, 9.17) is 0 Å². The second-order valence-corrected chi connectivity index (χ2v) is 5.25. The van der Waals surface area contributed by atoms with E-state index in [0.29, 0.717) is 12.5 Å². The molecule has 2 rings (SSSR count). The molecule has 19 heavy (non-hydrogen) atoms. The Morgan fingerprint density at radius 2 is 2.21 bits per heavy atom. The average Bonchev–Trinajstić information content (AvgIpc) is 2.43. The number of pyridine rings is 1. The minimum Gasteiger partial charge on any atom is -0.340 e. The van der Waals surface area contributed by atoms with Crippen LogP contribution in [0.3, 0.4) is 0 Å². The third-order valence-corrected chi connectivity index (χ3v) is 3.87. The number of piperidine rings is 1. The fourth-order valence-electron chi connectivity index (χ4n) is 2.72. The summed E-state index contributed by atoms with van der Waals surface area (Å²) >= 11 is 0. The summed E-state index contributed by atoms with van der Waals surface area (Å²) in [4.78, 5) is 20.8. The molecule has 1 aromatic heterocycles. The maximum absolute atomic E-state index is 12.4. The molecule has 1 fully saturated rings. The molecule has 0 radical (unpaired) electrons. The average molecular weight is 261 g/mol. The summed E-state index contributed by atoms with van der Waals surface area (Å²) in [5.74, 6) is 0.227. The lowest BCUT2D eigenvalue weighted by molar-refractivity contribution is -0.133. The predicted molar refractivity (Wildman–Crippen MR) is 75.8 cm³/mol. The lowest BCUT2D eigenvalue weighted by Gasteiger charge is -2.36. The summed E-state index contributed by atoms with van der Waals surface area (Å²) in [5, 5.41) is 0. The molecular weight excluding hydrogens is 238 g/mol. The van der Waals surface area contributed by atoms with Crippen molar-refractivity contribution in [3.63, 3.8) is 0 Å². The second kappa shape index (κ2) is 6.66. The SMILES string of the molecule is CCN(C(=O)Cc1cccnc1)C1CCN(C)CC1. The van der Waals surface area contributed by atoms with E-state index in [1.165, 1.54) is 0 Å². The van der Waals surface area contributed by atoms with Crippen molar-refractivity contribution in [2.45, 2.75) is 32.2 Å². The largest absolute Gasteiger partial charge is 0.340 e. The molecular formula is C15H23N3O. The van der Waals surface area contributed by atoms with Gasteiger partial charge in [0.2, 0.25) is 5.91 Å². The highest BCUT2D eigenvalue weighted by Crippen LogP contribution is 2.16. The molecule has 1 saturated heterocycles. The summed E-state index contributed by atoms with van der Waals surface area (Å²) in [7, 11) is 2.14. The number of amides is 1. The number of likely N-dealkylation sites (tertiary alicyclic amines) is 1. The van der Waals surface area contributed by atoms with Gasteiger partial charge in [0.15, 0.2) is 0 Å². The van der Waals surface area contributed by atoms with Crippen LogP contribution in [0.1, 0.15) is 25.3 Å². The van der Waals surface area contributed by atoms with Crippen LogP contribution in [-0.2, 0) is 11.2 Å². The number of carbonyl (C=O) groups is 1. The van der Waals surface area contributed by atoms with E-state index in [0.717, 1.165) is 38.0 Å². The zero-order chi connectivity index (χ0) is 13.7. The Balaban J connectivity index is 1.95. The first-order valence-corrected chi connectivity index (χ1v) is 7.07. The Morgan fingerprint density at radius 1 is 1.47 bits per heavy atom. The molecule has 0 atom stereocenters. The van der Waals surface area contributed by atoms with Crippen molar-refractivity contribution >= 4 is 5.91 Å². The number of hydrogen-bond acceptors (Lipinski definition) is 3. The zero-order valence-corrected chi connectivity index (χ0v) is 11.9. The topological polar surface area (TPSA) is 36.4 Å². The predicted octanol–water partition coefficient (Wildman–Crippen LogP) is 1.57. The maximum Gasteiger partial charge on any atom is 0.227 e. The molecule has 0 spiro atoms. The Bertz CT molecular complexity index is 399. The molecule has 104 valence electrons. The van der Waals surface area contributed by atoms with E-state index < -0.39 is 0 Å². The van der Waals surface area contributed by atoms with Crippen LogP contribution in [0.25, 0.3) is 0 Å². The highest BCUT2D eigenvalue weighted by molar-refractivity contribution is 5.79. The summed E-state index contributed by atoms with van der Waals surface area (Å²) in [6.45, 7) is 5.04. The van der Waals surface area contributed by atoms with Gasteiger partial charge in [0.25, 0.3) is 0 Å². The van der Waals surface area contributed by atoms with Gasteiger partial charge in [-0.15, -0.1) is 0 Å². The standard InChI is InChI=1S/C15H23N3O/c1-3-18(14-6-9-17(2)10-7-14)15(19)11-13-5-4-8-16-12-13/h4-5,8,12,14H,3,6-7,9-11H2,1-2H3. The molecule has 0 unspecified atom stereocenters. The molecule has 4 heteroatoms. The third kappa shape index (κ3) is 3.77. The first-order chi connectivity index (χ1) is 9.20. The molecule has 1 aliphatic rings. The quantitative estimate of drug-likeness (QED) is 0.825. The smallest absolute Gasteiger partial charge is 0.227 e. The Morgan fingerprint density at radius 3 is 2.79 bits per heavy atom. The Hall–Kier alpha value is -1.42. The van der Waals surface area contributed by atoms with Gasteiger partial charge in [-0.2, -0.15) is 0 Å². The van der Waals surface area contributed by atoms with Crippen LogP contribution in [0, 0.1) is 0 Å². The number of nitrogens with zero attached hydrogens (tertiary/aromatic N) is 3. The maximum atomic E-state index is 12.4. The molecule has 0 bridgehead atoms. The normalized spacial score (nSPS) is 17.4. The first kappa shape index (κ1) is 14.0. The minimum atomic E-state index is 0.227. The first-order valence-electron chi connectivity index (χ1n) is 7.07. The highest BCUT2D eigenvalue weighted by Gasteiger charge is 2.25. The van der Waals surface area contributed by atoms with Crippen LogP contribution in [0.2, 0.25) is 0 Å². The molecule has 0 saturated carbocycles. The van der Waals surface area contributed by atoms with Gasteiger partial charge < -0.3 is 9.80 Å². The van der Waals surface area contributed by atoms with Gasteiger partial charge in [0.1, 0.15) is 0 Å². The molecule has 0 N–H and O–H groups in total. The number of aromatic nitrogens is 1. The summed E-state index contributed by atoms with van der Waals surface area (Å²) in [6.07, 6.45) is 6.16. The van der Waals surface area contributed by atoms with Crippen LogP contribution >= 0.6 is 0 Å². The van der Waals surface area contributed by atoms with E-state index in [-0.39, 0.29) is 5.91 Å². The van der Waals surface area contributed by atoms with Crippen molar-refractivity contribution in [1.82, 2.24) is 14.8 Å². The Kier molecular flexibility index (Phi) is 4.91. The molecule has 2 heterocycles. The van der Waals surface area contributed by atoms with Gasteiger partial charge in [-0.05, 0) is 51.5 Å². The van der Waals surface area contributed by atoms with Gasteiger partial charge in [-0.25, -0.2) is 0 Å². The van der Waals surface area contributed by atoms with Crippen LogP contribution in [0.5, 0.6) is 0 Å². The molecule has 0 aromatic carbocycles. The van der Waals surface area contributed by atoms with Crippen molar-refractivity contribution < 1.29 is 4.79 Å². The molecule has 1 amide bonds. The van der Waals surface area contributed by atoms with Crippen LogP contribution in [0.15, 0.2) is 24.5 Å². The van der Waals surface area contributed by atoms with Gasteiger partial charge in [0.05, 0.1) is 6.42 Å². The molecule has 1 aliphatic heterocycles.